The van der Waals surface area contributed by atoms with Gasteiger partial charge in [0.05, 0.1) is 0 Å². The topological polar surface area (TPSA) is 38.0 Å². The van der Waals surface area contributed by atoms with Gasteiger partial charge in [-0.25, -0.2) is 0 Å². The highest BCUT2D eigenvalue weighted by molar-refractivity contribution is 5.25. The Kier molecular flexibility index (Phi) is 7.70. The summed E-state index contributed by atoms with van der Waals surface area (Å²) in [5, 5.41) is 0. The molecule has 1 unspecified atom stereocenters. The quantitative estimate of drug-likeness (QED) is 0.397. The van der Waals surface area contributed by atoms with Crippen molar-refractivity contribution in [1.29, 1.82) is 0 Å². The van der Waals surface area contributed by atoms with Gasteiger partial charge < -0.3 is 0 Å². The minimum Gasteiger partial charge on any atom is -0.271 e. The molecule has 0 aromatic heterocycles. The van der Waals surface area contributed by atoms with E-state index < -0.39 is 0 Å². The number of benzene rings is 1. The highest BCUT2D eigenvalue weighted by Gasteiger charge is 2.07. The van der Waals surface area contributed by atoms with Crippen LogP contribution in [0.2, 0.25) is 0 Å². The van der Waals surface area contributed by atoms with Gasteiger partial charge in [0.25, 0.3) is 0 Å². The molecule has 1 rings (SSSR count). The molecule has 0 aliphatic rings. The molecule has 0 radical (unpaired) electrons. The SMILES string of the molecule is CCCCCCC(CCc1ccccc1C)NN. The Morgan fingerprint density at radius 1 is 1.11 bits per heavy atom. The van der Waals surface area contributed by atoms with Crippen molar-refractivity contribution in [2.75, 3.05) is 0 Å². The third-order valence-electron chi connectivity index (χ3n) is 3.67. The van der Waals surface area contributed by atoms with Crippen LogP contribution in [0.25, 0.3) is 0 Å². The first kappa shape index (κ1) is 15.2. The van der Waals surface area contributed by atoms with Crippen LogP contribution in [-0.2, 0) is 6.42 Å². The molecule has 1 aromatic carbocycles. The predicted octanol–water partition coefficient (Wildman–Crippen LogP) is 3.73. The number of hydrogen-bond acceptors (Lipinski definition) is 2. The summed E-state index contributed by atoms with van der Waals surface area (Å²) >= 11 is 0. The van der Waals surface area contributed by atoms with Crippen LogP contribution in [0.5, 0.6) is 0 Å². The Hall–Kier alpha value is -0.860. The van der Waals surface area contributed by atoms with Gasteiger partial charge in [-0.2, -0.15) is 0 Å². The maximum atomic E-state index is 5.64. The number of hydrazine groups is 1. The molecule has 18 heavy (non-hydrogen) atoms. The van der Waals surface area contributed by atoms with Crippen molar-refractivity contribution in [1.82, 2.24) is 5.43 Å². The Labute approximate surface area is 112 Å². The summed E-state index contributed by atoms with van der Waals surface area (Å²) in [6.45, 7) is 4.43. The van der Waals surface area contributed by atoms with Gasteiger partial charge in [-0.05, 0) is 37.3 Å². The predicted molar refractivity (Wildman–Crippen MR) is 79.4 cm³/mol. The maximum Gasteiger partial charge on any atom is 0.0213 e. The molecule has 0 amide bonds. The van der Waals surface area contributed by atoms with Crippen LogP contribution in [0.15, 0.2) is 24.3 Å². The molecule has 1 aromatic rings. The molecule has 0 bridgehead atoms. The minimum absolute atomic E-state index is 0.460. The third-order valence-corrected chi connectivity index (χ3v) is 3.67. The first-order chi connectivity index (χ1) is 8.77. The van der Waals surface area contributed by atoms with Crippen molar-refractivity contribution in [3.05, 3.63) is 35.4 Å². The largest absolute Gasteiger partial charge is 0.271 e. The van der Waals surface area contributed by atoms with Crippen LogP contribution in [0.1, 0.15) is 56.6 Å². The fourth-order valence-electron chi connectivity index (χ4n) is 2.35. The van der Waals surface area contributed by atoms with Crippen molar-refractivity contribution in [3.63, 3.8) is 0 Å². The van der Waals surface area contributed by atoms with E-state index in [9.17, 15) is 0 Å². The van der Waals surface area contributed by atoms with E-state index in [1.807, 2.05) is 0 Å². The van der Waals surface area contributed by atoms with Crippen molar-refractivity contribution in [3.8, 4) is 0 Å². The monoisotopic (exact) mass is 248 g/mol. The lowest BCUT2D eigenvalue weighted by Crippen LogP contribution is -2.35. The smallest absolute Gasteiger partial charge is 0.0213 e. The first-order valence-corrected chi connectivity index (χ1v) is 7.28. The molecule has 0 saturated carbocycles. The molecule has 0 fully saturated rings. The fraction of sp³-hybridized carbons (Fsp3) is 0.625. The van der Waals surface area contributed by atoms with E-state index in [0.717, 1.165) is 12.8 Å². The number of unbranched alkanes of at least 4 members (excludes halogenated alkanes) is 3. The molecular formula is C16H28N2. The summed E-state index contributed by atoms with van der Waals surface area (Å²) in [7, 11) is 0. The number of aryl methyl sites for hydroxylation is 2. The van der Waals surface area contributed by atoms with Gasteiger partial charge in [0.1, 0.15) is 0 Å². The molecule has 0 aliphatic carbocycles. The van der Waals surface area contributed by atoms with E-state index in [2.05, 4.69) is 43.5 Å². The van der Waals surface area contributed by atoms with Crippen molar-refractivity contribution < 1.29 is 0 Å². The summed E-state index contributed by atoms with van der Waals surface area (Å²) < 4.78 is 0. The molecule has 3 N–H and O–H groups in total. The Bertz CT molecular complexity index is 323. The van der Waals surface area contributed by atoms with E-state index in [-0.39, 0.29) is 0 Å². The van der Waals surface area contributed by atoms with Crippen LogP contribution >= 0.6 is 0 Å². The van der Waals surface area contributed by atoms with Crippen LogP contribution in [0.3, 0.4) is 0 Å². The van der Waals surface area contributed by atoms with E-state index in [1.54, 1.807) is 0 Å². The standard InChI is InChI=1S/C16H28N2/c1-3-4-5-6-11-16(18-17)13-12-15-10-8-7-9-14(15)2/h7-10,16,18H,3-6,11-13,17H2,1-2H3. The van der Waals surface area contributed by atoms with Gasteiger partial charge in [0.2, 0.25) is 0 Å². The molecule has 1 atom stereocenters. The molecule has 0 aliphatic heterocycles. The molecule has 0 heterocycles. The summed E-state index contributed by atoms with van der Waals surface area (Å²) in [4.78, 5) is 0. The molecular weight excluding hydrogens is 220 g/mol. The number of hydrogen-bond donors (Lipinski definition) is 2. The second-order valence-corrected chi connectivity index (χ2v) is 5.18. The van der Waals surface area contributed by atoms with E-state index in [0.29, 0.717) is 6.04 Å². The van der Waals surface area contributed by atoms with Crippen molar-refractivity contribution in [2.45, 2.75) is 64.8 Å². The van der Waals surface area contributed by atoms with Crippen molar-refractivity contribution >= 4 is 0 Å². The van der Waals surface area contributed by atoms with Gasteiger partial charge in [-0.1, -0.05) is 56.9 Å². The average Bonchev–Trinajstić information content (AvgIpc) is 2.40. The molecule has 0 saturated heterocycles. The summed E-state index contributed by atoms with van der Waals surface area (Å²) in [6, 6.07) is 9.08. The van der Waals surface area contributed by atoms with Crippen LogP contribution in [0.4, 0.5) is 0 Å². The van der Waals surface area contributed by atoms with Gasteiger partial charge in [0.15, 0.2) is 0 Å². The zero-order valence-corrected chi connectivity index (χ0v) is 11.9. The molecule has 0 spiro atoms. The lowest BCUT2D eigenvalue weighted by atomic mass is 9.98. The summed E-state index contributed by atoms with van der Waals surface area (Å²) in [5.74, 6) is 5.64. The van der Waals surface area contributed by atoms with Crippen LogP contribution < -0.4 is 11.3 Å². The lowest BCUT2D eigenvalue weighted by molar-refractivity contribution is 0.440. The fourth-order valence-corrected chi connectivity index (χ4v) is 2.35. The summed E-state index contributed by atoms with van der Waals surface area (Å²) in [6.07, 6.45) is 8.71. The highest BCUT2D eigenvalue weighted by Crippen LogP contribution is 2.13. The van der Waals surface area contributed by atoms with Crippen LogP contribution in [-0.4, -0.2) is 6.04 Å². The summed E-state index contributed by atoms with van der Waals surface area (Å²) in [5.41, 5.74) is 5.81. The maximum absolute atomic E-state index is 5.64. The van der Waals surface area contributed by atoms with Gasteiger partial charge in [0, 0.05) is 6.04 Å². The Balaban J connectivity index is 2.29. The molecule has 2 nitrogen and oxygen atoms in total. The minimum atomic E-state index is 0.460. The van der Waals surface area contributed by atoms with Crippen LogP contribution in [0, 0.1) is 6.92 Å². The number of rotatable bonds is 9. The number of nitrogens with two attached hydrogens (primary N) is 1. The Morgan fingerprint density at radius 2 is 1.89 bits per heavy atom. The Morgan fingerprint density at radius 3 is 2.56 bits per heavy atom. The zero-order valence-electron chi connectivity index (χ0n) is 11.9. The molecule has 2 heteroatoms. The van der Waals surface area contributed by atoms with E-state index in [1.165, 1.54) is 43.2 Å². The second kappa shape index (κ2) is 9.12. The second-order valence-electron chi connectivity index (χ2n) is 5.18. The van der Waals surface area contributed by atoms with Gasteiger partial charge in [-0.15, -0.1) is 0 Å². The average molecular weight is 248 g/mol. The van der Waals surface area contributed by atoms with E-state index in [4.69, 9.17) is 5.84 Å². The number of nitrogens with one attached hydrogen (secondary N) is 1. The molecule has 102 valence electrons. The van der Waals surface area contributed by atoms with E-state index >= 15 is 0 Å². The lowest BCUT2D eigenvalue weighted by Gasteiger charge is -2.16. The van der Waals surface area contributed by atoms with Gasteiger partial charge >= 0.3 is 0 Å². The third kappa shape index (κ3) is 5.65. The zero-order chi connectivity index (χ0) is 13.2. The normalized spacial score (nSPS) is 12.6. The first-order valence-electron chi connectivity index (χ1n) is 7.28. The van der Waals surface area contributed by atoms with Gasteiger partial charge in [-0.3, -0.25) is 11.3 Å². The van der Waals surface area contributed by atoms with Crippen molar-refractivity contribution in [2.24, 2.45) is 5.84 Å². The highest BCUT2D eigenvalue weighted by atomic mass is 15.2.